The molecular weight excluding hydrogens is 195 g/mol. The third kappa shape index (κ3) is 7.82. The highest BCUT2D eigenvalue weighted by Crippen LogP contribution is 1.94. The lowest BCUT2D eigenvalue weighted by atomic mass is 10.2. The lowest BCUT2D eigenvalue weighted by molar-refractivity contribution is 1.07. The average molecular weight is 211 g/mol. The van der Waals surface area contributed by atoms with E-state index in [1.165, 1.54) is 12.6 Å². The van der Waals surface area contributed by atoms with Gasteiger partial charge in [-0.25, -0.2) is 0 Å². The third-order valence-electron chi connectivity index (χ3n) is 1.08. The van der Waals surface area contributed by atoms with E-state index < -0.39 is 0 Å². The molecule has 1 aromatic carbocycles. The molecule has 0 atom stereocenters. The van der Waals surface area contributed by atoms with Crippen molar-refractivity contribution in [3.05, 3.63) is 35.9 Å². The minimum absolute atomic E-state index is 0. The highest BCUT2D eigenvalue weighted by molar-refractivity contribution is 5.85. The molecule has 4 heteroatoms. The number of nitrogens with two attached hydrogens (primary N) is 2. The monoisotopic (exact) mass is 210 g/mol. The van der Waals surface area contributed by atoms with E-state index in [0.717, 1.165) is 0 Å². The predicted molar refractivity (Wildman–Crippen MR) is 58.9 cm³/mol. The Bertz CT molecular complexity index is 156. The van der Waals surface area contributed by atoms with Crippen LogP contribution >= 0.6 is 24.8 Å². The maximum Gasteiger partial charge on any atom is 0.0178 e. The molecule has 0 amide bonds. The van der Waals surface area contributed by atoms with Crippen molar-refractivity contribution >= 4 is 24.8 Å². The summed E-state index contributed by atoms with van der Waals surface area (Å²) in [5.74, 6) is 0. The summed E-state index contributed by atoms with van der Waals surface area (Å²) >= 11 is 0. The van der Waals surface area contributed by atoms with E-state index in [4.69, 9.17) is 5.73 Å². The maximum absolute atomic E-state index is 5.35. The fourth-order valence-corrected chi connectivity index (χ4v) is 0.614. The van der Waals surface area contributed by atoms with E-state index in [-0.39, 0.29) is 24.8 Å². The number of halogens is 2. The Morgan fingerprint density at radius 1 is 1.00 bits per heavy atom. The number of rotatable bonds is 1. The molecule has 0 aliphatic rings. The van der Waals surface area contributed by atoms with Crippen molar-refractivity contribution in [3.63, 3.8) is 0 Å². The molecule has 0 heterocycles. The molecule has 0 aliphatic heterocycles. The normalized spacial score (nSPS) is 6.58. The van der Waals surface area contributed by atoms with E-state index in [9.17, 15) is 0 Å². The second kappa shape index (κ2) is 13.3. The minimum Gasteiger partial charge on any atom is -0.333 e. The number of hydrogen-bond acceptors (Lipinski definition) is 2. The van der Waals surface area contributed by atoms with Crippen LogP contribution in [0.4, 0.5) is 0 Å². The minimum atomic E-state index is 0. The van der Waals surface area contributed by atoms with Gasteiger partial charge in [-0.05, 0) is 12.6 Å². The van der Waals surface area contributed by atoms with Crippen molar-refractivity contribution in [3.8, 4) is 0 Å². The largest absolute Gasteiger partial charge is 0.333 e. The van der Waals surface area contributed by atoms with Crippen LogP contribution in [0.2, 0.25) is 0 Å². The van der Waals surface area contributed by atoms with Crippen LogP contribution in [0.15, 0.2) is 30.3 Å². The first-order valence-electron chi connectivity index (χ1n) is 3.25. The molecule has 0 saturated carbocycles. The van der Waals surface area contributed by atoms with Crippen molar-refractivity contribution < 1.29 is 0 Å². The molecule has 12 heavy (non-hydrogen) atoms. The van der Waals surface area contributed by atoms with Gasteiger partial charge in [0.1, 0.15) is 0 Å². The first kappa shape index (κ1) is 17.7. The van der Waals surface area contributed by atoms with Crippen LogP contribution in [0.1, 0.15) is 5.56 Å². The van der Waals surface area contributed by atoms with Gasteiger partial charge in [0.2, 0.25) is 0 Å². The van der Waals surface area contributed by atoms with Crippen molar-refractivity contribution in [2.75, 3.05) is 7.05 Å². The third-order valence-corrected chi connectivity index (χ3v) is 1.08. The summed E-state index contributed by atoms with van der Waals surface area (Å²) in [4.78, 5) is 0. The SMILES string of the molecule is CN.Cl.Cl.NCc1ccccc1. The van der Waals surface area contributed by atoms with E-state index in [1.54, 1.807) is 0 Å². The van der Waals surface area contributed by atoms with Gasteiger partial charge in [-0.2, -0.15) is 0 Å². The van der Waals surface area contributed by atoms with E-state index in [2.05, 4.69) is 5.73 Å². The Kier molecular flexibility index (Phi) is 19.7. The molecule has 0 aromatic heterocycles. The molecule has 0 bridgehead atoms. The fourth-order valence-electron chi connectivity index (χ4n) is 0.614. The molecular formula is C8H16Cl2N2. The van der Waals surface area contributed by atoms with Gasteiger partial charge in [0.05, 0.1) is 0 Å². The molecule has 0 saturated heterocycles. The second-order valence-corrected chi connectivity index (χ2v) is 1.69. The summed E-state index contributed by atoms with van der Waals surface area (Å²) in [5, 5.41) is 0. The molecule has 0 radical (unpaired) electrons. The van der Waals surface area contributed by atoms with Crippen LogP contribution in [-0.4, -0.2) is 7.05 Å². The summed E-state index contributed by atoms with van der Waals surface area (Å²) in [6.07, 6.45) is 0. The van der Waals surface area contributed by atoms with Gasteiger partial charge in [0.15, 0.2) is 0 Å². The molecule has 2 nitrogen and oxygen atoms in total. The standard InChI is InChI=1S/C7H9N.CH5N.2ClH/c8-6-7-4-2-1-3-5-7;1-2;;/h1-5H,6,8H2;2H2,1H3;2*1H. The summed E-state index contributed by atoms with van der Waals surface area (Å²) in [6.45, 7) is 0.640. The highest BCUT2D eigenvalue weighted by atomic mass is 35.5. The van der Waals surface area contributed by atoms with Crippen LogP contribution in [0.5, 0.6) is 0 Å². The summed E-state index contributed by atoms with van der Waals surface area (Å²) in [7, 11) is 1.50. The first-order chi connectivity index (χ1) is 4.93. The molecule has 72 valence electrons. The average Bonchev–Trinajstić information content (AvgIpc) is 2.10. The number of benzene rings is 1. The lowest BCUT2D eigenvalue weighted by Gasteiger charge is -1.90. The van der Waals surface area contributed by atoms with Crippen LogP contribution in [0, 0.1) is 0 Å². The van der Waals surface area contributed by atoms with Crippen molar-refractivity contribution in [2.24, 2.45) is 11.5 Å². The van der Waals surface area contributed by atoms with Crippen LogP contribution in [-0.2, 0) is 6.54 Å². The van der Waals surface area contributed by atoms with Gasteiger partial charge < -0.3 is 11.5 Å². The van der Waals surface area contributed by atoms with Gasteiger partial charge in [-0.15, -0.1) is 24.8 Å². The van der Waals surface area contributed by atoms with Gasteiger partial charge >= 0.3 is 0 Å². The molecule has 4 N–H and O–H groups in total. The van der Waals surface area contributed by atoms with Gasteiger partial charge in [-0.3, -0.25) is 0 Å². The summed E-state index contributed by atoms with van der Waals surface area (Å²) in [5.41, 5.74) is 11.0. The molecule has 0 spiro atoms. The van der Waals surface area contributed by atoms with Gasteiger partial charge in [0, 0.05) is 6.54 Å². The molecule has 1 aromatic rings. The topological polar surface area (TPSA) is 52.0 Å². The van der Waals surface area contributed by atoms with Crippen molar-refractivity contribution in [1.82, 2.24) is 0 Å². The van der Waals surface area contributed by atoms with E-state index in [0.29, 0.717) is 6.54 Å². The molecule has 0 unspecified atom stereocenters. The zero-order chi connectivity index (χ0) is 7.82. The fraction of sp³-hybridized carbons (Fsp3) is 0.250. The Labute approximate surface area is 86.2 Å². The molecule has 1 rings (SSSR count). The quantitative estimate of drug-likeness (QED) is 0.740. The van der Waals surface area contributed by atoms with Crippen molar-refractivity contribution in [1.29, 1.82) is 0 Å². The van der Waals surface area contributed by atoms with Gasteiger partial charge in [0.25, 0.3) is 0 Å². The Morgan fingerprint density at radius 3 is 1.67 bits per heavy atom. The summed E-state index contributed by atoms with van der Waals surface area (Å²) in [6, 6.07) is 9.99. The second-order valence-electron chi connectivity index (χ2n) is 1.69. The molecule has 0 fully saturated rings. The predicted octanol–water partition coefficient (Wildman–Crippen LogP) is 1.56. The summed E-state index contributed by atoms with van der Waals surface area (Å²) < 4.78 is 0. The lowest BCUT2D eigenvalue weighted by Crippen LogP contribution is -1.94. The van der Waals surface area contributed by atoms with E-state index in [1.807, 2.05) is 30.3 Å². The van der Waals surface area contributed by atoms with Crippen LogP contribution in [0.25, 0.3) is 0 Å². The Hall–Kier alpha value is -0.280. The highest BCUT2D eigenvalue weighted by Gasteiger charge is 1.80. The van der Waals surface area contributed by atoms with Crippen molar-refractivity contribution in [2.45, 2.75) is 6.54 Å². The first-order valence-corrected chi connectivity index (χ1v) is 3.25. The number of hydrogen-bond donors (Lipinski definition) is 2. The molecule has 0 aliphatic carbocycles. The Balaban J connectivity index is -0.000000189. The Morgan fingerprint density at radius 2 is 1.42 bits per heavy atom. The smallest absolute Gasteiger partial charge is 0.0178 e. The zero-order valence-electron chi connectivity index (χ0n) is 7.07. The zero-order valence-corrected chi connectivity index (χ0v) is 8.70. The van der Waals surface area contributed by atoms with Crippen LogP contribution < -0.4 is 11.5 Å². The van der Waals surface area contributed by atoms with Gasteiger partial charge in [-0.1, -0.05) is 30.3 Å². The maximum atomic E-state index is 5.35. The van der Waals surface area contributed by atoms with E-state index >= 15 is 0 Å². The van der Waals surface area contributed by atoms with Crippen LogP contribution in [0.3, 0.4) is 0 Å².